The zero-order valence-electron chi connectivity index (χ0n) is 31.1. The van der Waals surface area contributed by atoms with E-state index in [1.165, 1.54) is 38.8 Å². The third-order valence-corrected chi connectivity index (χ3v) is 7.97. The predicted octanol–water partition coefficient (Wildman–Crippen LogP) is 13.6. The van der Waals surface area contributed by atoms with Gasteiger partial charge in [0.05, 0.1) is 11.2 Å². The second-order valence-corrected chi connectivity index (χ2v) is 12.3. The normalized spacial score (nSPS) is 11.5. The quantitative estimate of drug-likeness (QED) is 0.132. The molecule has 51 heavy (non-hydrogen) atoms. The van der Waals surface area contributed by atoms with Gasteiger partial charge in [-0.2, -0.15) is 11.9 Å². The van der Waals surface area contributed by atoms with Gasteiger partial charge in [0.1, 0.15) is 0 Å². The van der Waals surface area contributed by atoms with Crippen LogP contribution in [0.1, 0.15) is 47.2 Å². The standard InChI is InChI=1S/C21H25N2.C9H8N.C9H7N.C7H8.Zn/c1-14-9-7-10-15(2)20(14)22-18(5)13-19(6)23-21-16(3)11-8-12-17(21)4;2*1-2-6-9-8(4-1)5-3-7-10-9;1-7-5-3-2-4-6-7;/h7-13H,1-6H3;1-4,6-7H,5H2;1-7H;2-6H,1H3;/q2*-1;;;+2/b18-13-,23-19?;;;;. The SMILES string of the molecule is C1=C[N-]c2ccccc2C1.CC(/C=C(/C)[N-]c1c(C)cccc1C)=Nc1c(C)cccc1C.Cc1ccccc1.[Zn+2].c1ccc2ncccc2c1. The van der Waals surface area contributed by atoms with Crippen LogP contribution in [0.4, 0.5) is 17.1 Å². The molecule has 1 aliphatic heterocycles. The van der Waals surface area contributed by atoms with Crippen molar-refractivity contribution < 1.29 is 19.5 Å². The fourth-order valence-electron chi connectivity index (χ4n) is 5.36. The molecule has 254 valence electrons. The maximum absolute atomic E-state index is 4.76. The molecule has 6 aromatic rings. The predicted molar refractivity (Wildman–Crippen MR) is 217 cm³/mol. The Morgan fingerprint density at radius 2 is 1.25 bits per heavy atom. The van der Waals surface area contributed by atoms with Gasteiger partial charge in [-0.1, -0.05) is 151 Å². The van der Waals surface area contributed by atoms with Crippen LogP contribution in [-0.2, 0) is 25.9 Å². The Morgan fingerprint density at radius 1 is 0.667 bits per heavy atom. The van der Waals surface area contributed by atoms with Gasteiger partial charge in [-0.05, 0) is 71.2 Å². The van der Waals surface area contributed by atoms with Crippen molar-refractivity contribution in [2.75, 3.05) is 0 Å². The first-order chi connectivity index (χ1) is 24.2. The first-order valence-electron chi connectivity index (χ1n) is 17.0. The number of benzene rings is 5. The van der Waals surface area contributed by atoms with E-state index < -0.39 is 0 Å². The number of allylic oxidation sites excluding steroid dienone is 3. The minimum absolute atomic E-state index is 0. The molecule has 0 amide bonds. The molecular weight excluding hydrogens is 674 g/mol. The topological polar surface area (TPSA) is 53.5 Å². The summed E-state index contributed by atoms with van der Waals surface area (Å²) < 4.78 is 0. The number of fused-ring (bicyclic) bond motifs is 2. The minimum Gasteiger partial charge on any atom is -0.664 e. The maximum Gasteiger partial charge on any atom is 2.00 e. The van der Waals surface area contributed by atoms with Crippen LogP contribution >= 0.6 is 0 Å². The summed E-state index contributed by atoms with van der Waals surface area (Å²) in [6, 6.07) is 43.1. The first kappa shape index (κ1) is 40.3. The van der Waals surface area contributed by atoms with Gasteiger partial charge in [0.15, 0.2) is 0 Å². The number of hydrogen-bond acceptors (Lipinski definition) is 2. The zero-order chi connectivity index (χ0) is 35.7. The third kappa shape index (κ3) is 13.3. The van der Waals surface area contributed by atoms with Crippen LogP contribution in [0.25, 0.3) is 21.5 Å². The summed E-state index contributed by atoms with van der Waals surface area (Å²) >= 11 is 0. The molecular formula is C46H48N4Zn. The Labute approximate surface area is 318 Å². The molecule has 0 atom stereocenters. The molecule has 7 rings (SSSR count). The zero-order valence-corrected chi connectivity index (χ0v) is 34.1. The van der Waals surface area contributed by atoms with E-state index in [0.29, 0.717) is 0 Å². The summed E-state index contributed by atoms with van der Waals surface area (Å²) in [5.74, 6) is 0. The number of para-hydroxylation sites is 4. The molecule has 4 nitrogen and oxygen atoms in total. The van der Waals surface area contributed by atoms with Crippen LogP contribution in [0.15, 0.2) is 163 Å². The summed E-state index contributed by atoms with van der Waals surface area (Å²) in [5.41, 5.74) is 13.7. The van der Waals surface area contributed by atoms with Crippen LogP contribution in [0, 0.1) is 34.6 Å². The molecule has 0 spiro atoms. The number of aromatic nitrogens is 1. The molecule has 0 fully saturated rings. The van der Waals surface area contributed by atoms with Gasteiger partial charge in [0.2, 0.25) is 0 Å². The Morgan fingerprint density at radius 3 is 1.88 bits per heavy atom. The summed E-state index contributed by atoms with van der Waals surface area (Å²) in [6.45, 7) is 14.5. The monoisotopic (exact) mass is 720 g/mol. The number of aryl methyl sites for hydroxylation is 5. The van der Waals surface area contributed by atoms with E-state index in [9.17, 15) is 0 Å². The van der Waals surface area contributed by atoms with Crippen molar-refractivity contribution in [3.8, 4) is 0 Å². The van der Waals surface area contributed by atoms with Crippen molar-refractivity contribution in [2.24, 2.45) is 4.99 Å². The fourth-order valence-corrected chi connectivity index (χ4v) is 5.36. The third-order valence-electron chi connectivity index (χ3n) is 7.97. The van der Waals surface area contributed by atoms with Crippen LogP contribution in [0.3, 0.4) is 0 Å². The molecule has 2 heterocycles. The van der Waals surface area contributed by atoms with Crippen molar-refractivity contribution >= 4 is 33.7 Å². The van der Waals surface area contributed by atoms with Crippen molar-refractivity contribution in [2.45, 2.75) is 54.9 Å². The Kier molecular flexibility index (Phi) is 16.7. The summed E-state index contributed by atoms with van der Waals surface area (Å²) in [6.07, 6.45) is 8.81. The molecule has 0 unspecified atom stereocenters. The summed E-state index contributed by atoms with van der Waals surface area (Å²) in [5, 5.41) is 10.2. The largest absolute Gasteiger partial charge is 2.00 e. The first-order valence-corrected chi connectivity index (χ1v) is 17.0. The Hall–Kier alpha value is -5.12. The van der Waals surface area contributed by atoms with E-state index in [1.807, 2.05) is 93.0 Å². The van der Waals surface area contributed by atoms with Crippen molar-refractivity contribution in [3.63, 3.8) is 0 Å². The van der Waals surface area contributed by atoms with Crippen LogP contribution in [0.2, 0.25) is 0 Å². The van der Waals surface area contributed by atoms with Gasteiger partial charge in [0, 0.05) is 17.3 Å². The van der Waals surface area contributed by atoms with Gasteiger partial charge < -0.3 is 10.6 Å². The van der Waals surface area contributed by atoms with E-state index in [1.54, 1.807) is 0 Å². The molecule has 0 saturated heterocycles. The second kappa shape index (κ2) is 21.2. The molecule has 0 aliphatic carbocycles. The maximum atomic E-state index is 4.76. The molecule has 5 aromatic carbocycles. The van der Waals surface area contributed by atoms with Crippen LogP contribution < -0.4 is 0 Å². The van der Waals surface area contributed by atoms with E-state index >= 15 is 0 Å². The van der Waals surface area contributed by atoms with Gasteiger partial charge in [0.25, 0.3) is 0 Å². The van der Waals surface area contributed by atoms with Crippen molar-refractivity contribution in [1.29, 1.82) is 0 Å². The van der Waals surface area contributed by atoms with E-state index in [0.717, 1.165) is 40.4 Å². The number of nitrogens with zero attached hydrogens (tertiary/aromatic N) is 4. The van der Waals surface area contributed by atoms with Gasteiger partial charge in [-0.3, -0.25) is 9.98 Å². The van der Waals surface area contributed by atoms with Gasteiger partial charge >= 0.3 is 19.5 Å². The average Bonchev–Trinajstić information content (AvgIpc) is 3.13. The summed E-state index contributed by atoms with van der Waals surface area (Å²) in [4.78, 5) is 8.95. The molecule has 1 aliphatic rings. The van der Waals surface area contributed by atoms with Crippen molar-refractivity contribution in [1.82, 2.24) is 4.98 Å². The Bertz CT molecular complexity index is 1930. The minimum atomic E-state index is 0. The van der Waals surface area contributed by atoms with Gasteiger partial charge in [-0.15, -0.1) is 17.5 Å². The number of aliphatic imine (C=N–C) groups is 1. The molecule has 0 N–H and O–H groups in total. The summed E-state index contributed by atoms with van der Waals surface area (Å²) in [7, 11) is 0. The van der Waals surface area contributed by atoms with E-state index in [-0.39, 0.29) is 19.5 Å². The molecule has 5 heteroatoms. The van der Waals surface area contributed by atoms with E-state index in [2.05, 4.69) is 118 Å². The average molecular weight is 722 g/mol. The Balaban J connectivity index is 0.000000206. The number of hydrogen-bond donors (Lipinski definition) is 0. The smallest absolute Gasteiger partial charge is 0.664 e. The van der Waals surface area contributed by atoms with Gasteiger partial charge in [-0.25, -0.2) is 0 Å². The number of rotatable bonds is 4. The van der Waals surface area contributed by atoms with Crippen LogP contribution in [0.5, 0.6) is 0 Å². The van der Waals surface area contributed by atoms with Crippen molar-refractivity contribution in [3.05, 3.63) is 202 Å². The van der Waals surface area contributed by atoms with E-state index in [4.69, 9.17) is 10.3 Å². The molecule has 0 radical (unpaired) electrons. The van der Waals surface area contributed by atoms with Crippen LogP contribution in [-0.4, -0.2) is 10.7 Å². The molecule has 0 saturated carbocycles. The number of pyridine rings is 1. The molecule has 1 aromatic heterocycles. The molecule has 0 bridgehead atoms. The second-order valence-electron chi connectivity index (χ2n) is 12.3. The fraction of sp³-hybridized carbons (Fsp3) is 0.174.